The van der Waals surface area contributed by atoms with Crippen molar-refractivity contribution in [2.75, 3.05) is 16.8 Å². The predicted octanol–water partition coefficient (Wildman–Crippen LogP) is 2.17. The molecule has 1 aliphatic rings. The maximum Gasteiger partial charge on any atom is 0.249 e. The van der Waals surface area contributed by atoms with Gasteiger partial charge in [0.05, 0.1) is 17.3 Å². The quantitative estimate of drug-likeness (QED) is 0.934. The topological polar surface area (TPSA) is 69.0 Å². The number of hydrogen-bond acceptors (Lipinski definition) is 4. The van der Waals surface area contributed by atoms with Gasteiger partial charge in [-0.15, -0.1) is 0 Å². The van der Waals surface area contributed by atoms with Gasteiger partial charge in [0.25, 0.3) is 0 Å². The minimum atomic E-state index is -0.232. The maximum atomic E-state index is 12.4. The van der Waals surface area contributed by atoms with Gasteiger partial charge in [-0.25, -0.2) is 0 Å². The third-order valence-electron chi connectivity index (χ3n) is 3.52. The molecule has 0 aliphatic carbocycles. The molecule has 0 spiro atoms. The van der Waals surface area contributed by atoms with Crippen LogP contribution in [-0.4, -0.2) is 23.5 Å². The van der Waals surface area contributed by atoms with Crippen LogP contribution in [0.3, 0.4) is 0 Å². The minimum absolute atomic E-state index is 0.0450. The highest BCUT2D eigenvalue weighted by molar-refractivity contribution is 6.01. The van der Waals surface area contributed by atoms with Gasteiger partial charge in [-0.1, -0.05) is 0 Å². The van der Waals surface area contributed by atoms with Crippen LogP contribution in [0.4, 0.5) is 11.4 Å². The Kier molecular flexibility index (Phi) is 3.52. The van der Waals surface area contributed by atoms with Crippen LogP contribution in [0.15, 0.2) is 48.8 Å². The van der Waals surface area contributed by atoms with E-state index in [-0.39, 0.29) is 11.9 Å². The first kappa shape index (κ1) is 13.1. The monoisotopic (exact) mass is 278 g/mol. The van der Waals surface area contributed by atoms with Gasteiger partial charge >= 0.3 is 0 Å². The number of hydrogen-bond donors (Lipinski definition) is 1. The zero-order valence-corrected chi connectivity index (χ0v) is 11.4. The second-order valence-corrected chi connectivity index (χ2v) is 4.88. The van der Waals surface area contributed by atoms with Crippen molar-refractivity contribution < 1.29 is 4.79 Å². The first-order valence-corrected chi connectivity index (χ1v) is 6.76. The summed E-state index contributed by atoms with van der Waals surface area (Å²) in [5.74, 6) is 0.0450. The van der Waals surface area contributed by atoms with Gasteiger partial charge in [-0.2, -0.15) is 5.26 Å². The van der Waals surface area contributed by atoms with Gasteiger partial charge in [0.1, 0.15) is 6.04 Å². The smallest absolute Gasteiger partial charge is 0.249 e. The molecule has 21 heavy (non-hydrogen) atoms. The van der Waals surface area contributed by atoms with Crippen LogP contribution in [0.2, 0.25) is 0 Å². The molecule has 1 saturated heterocycles. The molecule has 1 fully saturated rings. The summed E-state index contributed by atoms with van der Waals surface area (Å²) in [6.07, 6.45) is 4.15. The summed E-state index contributed by atoms with van der Waals surface area (Å²) in [5.41, 5.74) is 2.27. The lowest BCUT2D eigenvalue weighted by atomic mass is 10.2. The van der Waals surface area contributed by atoms with Crippen molar-refractivity contribution in [2.45, 2.75) is 12.5 Å². The number of carbonyl (C=O) groups is 1. The summed E-state index contributed by atoms with van der Waals surface area (Å²) >= 11 is 0. The molecule has 0 radical (unpaired) electrons. The van der Waals surface area contributed by atoms with Crippen LogP contribution in [0.1, 0.15) is 12.0 Å². The second kappa shape index (κ2) is 5.63. The van der Waals surface area contributed by atoms with Crippen molar-refractivity contribution in [2.24, 2.45) is 0 Å². The van der Waals surface area contributed by atoms with E-state index in [0.717, 1.165) is 17.8 Å². The van der Waals surface area contributed by atoms with Crippen LogP contribution < -0.4 is 10.2 Å². The highest BCUT2D eigenvalue weighted by Gasteiger charge is 2.32. The van der Waals surface area contributed by atoms with E-state index in [2.05, 4.69) is 16.4 Å². The van der Waals surface area contributed by atoms with Crippen LogP contribution in [0, 0.1) is 11.3 Å². The van der Waals surface area contributed by atoms with E-state index >= 15 is 0 Å². The second-order valence-electron chi connectivity index (χ2n) is 4.88. The molecule has 1 amide bonds. The third-order valence-corrected chi connectivity index (χ3v) is 3.52. The Balaban J connectivity index is 1.72. The van der Waals surface area contributed by atoms with Gasteiger partial charge in [0.15, 0.2) is 0 Å². The average Bonchev–Trinajstić information content (AvgIpc) is 2.89. The third kappa shape index (κ3) is 2.70. The maximum absolute atomic E-state index is 12.4. The zero-order valence-electron chi connectivity index (χ0n) is 11.4. The number of benzene rings is 1. The van der Waals surface area contributed by atoms with E-state index in [1.54, 1.807) is 29.4 Å². The van der Waals surface area contributed by atoms with Crippen LogP contribution >= 0.6 is 0 Å². The largest absolute Gasteiger partial charge is 0.372 e. The standard InChI is InChI=1S/C16H14N4O/c17-10-12-3-5-14(6-4-12)20-9-7-15(16(20)21)19-13-2-1-8-18-11-13/h1-6,8,11,15,19H,7,9H2. The number of rotatable bonds is 3. The Bertz CT molecular complexity index is 676. The van der Waals surface area contributed by atoms with E-state index in [0.29, 0.717) is 12.1 Å². The van der Waals surface area contributed by atoms with Crippen molar-refractivity contribution in [3.63, 3.8) is 0 Å². The molecular formula is C16H14N4O. The Labute approximate surface area is 122 Å². The van der Waals surface area contributed by atoms with E-state index < -0.39 is 0 Å². The molecule has 1 aliphatic heterocycles. The molecule has 5 nitrogen and oxygen atoms in total. The molecule has 1 N–H and O–H groups in total. The van der Waals surface area contributed by atoms with Crippen molar-refractivity contribution in [1.82, 2.24) is 4.98 Å². The molecule has 5 heteroatoms. The van der Waals surface area contributed by atoms with E-state index in [4.69, 9.17) is 5.26 Å². The van der Waals surface area contributed by atoms with Gasteiger partial charge < -0.3 is 10.2 Å². The molecule has 1 aromatic carbocycles. The Morgan fingerprint density at radius 2 is 2.10 bits per heavy atom. The van der Waals surface area contributed by atoms with Gasteiger partial charge in [-0.05, 0) is 42.8 Å². The molecule has 1 atom stereocenters. The van der Waals surface area contributed by atoms with E-state index in [9.17, 15) is 4.79 Å². The molecule has 0 saturated carbocycles. The van der Waals surface area contributed by atoms with Crippen molar-refractivity contribution in [3.8, 4) is 6.07 Å². The normalized spacial score (nSPS) is 17.6. The fraction of sp³-hybridized carbons (Fsp3) is 0.188. The number of nitrogens with one attached hydrogen (secondary N) is 1. The van der Waals surface area contributed by atoms with Gasteiger partial charge in [0.2, 0.25) is 5.91 Å². The summed E-state index contributed by atoms with van der Waals surface area (Å²) in [6, 6.07) is 12.6. The molecular weight excluding hydrogens is 264 g/mol. The summed E-state index contributed by atoms with van der Waals surface area (Å²) in [7, 11) is 0. The summed E-state index contributed by atoms with van der Waals surface area (Å²) < 4.78 is 0. The number of nitrogens with zero attached hydrogens (tertiary/aromatic N) is 3. The SMILES string of the molecule is N#Cc1ccc(N2CCC(Nc3cccnc3)C2=O)cc1. The lowest BCUT2D eigenvalue weighted by Crippen LogP contribution is -2.33. The van der Waals surface area contributed by atoms with Crippen LogP contribution in [0.5, 0.6) is 0 Å². The molecule has 2 aromatic rings. The lowest BCUT2D eigenvalue weighted by molar-refractivity contribution is -0.117. The molecule has 3 rings (SSSR count). The summed E-state index contributed by atoms with van der Waals surface area (Å²) in [6.45, 7) is 0.669. The zero-order chi connectivity index (χ0) is 14.7. The fourth-order valence-electron chi connectivity index (χ4n) is 2.44. The van der Waals surface area contributed by atoms with Gasteiger partial charge in [0, 0.05) is 24.6 Å². The first-order valence-electron chi connectivity index (χ1n) is 6.76. The Morgan fingerprint density at radius 1 is 1.29 bits per heavy atom. The number of pyridine rings is 1. The van der Waals surface area contributed by atoms with Crippen molar-refractivity contribution >= 4 is 17.3 Å². The van der Waals surface area contributed by atoms with Crippen LogP contribution in [0.25, 0.3) is 0 Å². The van der Waals surface area contributed by atoms with E-state index in [1.165, 1.54) is 0 Å². The summed E-state index contributed by atoms with van der Waals surface area (Å²) in [4.78, 5) is 18.2. The minimum Gasteiger partial charge on any atom is -0.372 e. The van der Waals surface area contributed by atoms with Gasteiger partial charge in [-0.3, -0.25) is 9.78 Å². The van der Waals surface area contributed by atoms with E-state index in [1.807, 2.05) is 24.3 Å². The molecule has 104 valence electrons. The number of carbonyl (C=O) groups excluding carboxylic acids is 1. The summed E-state index contributed by atoms with van der Waals surface area (Å²) in [5, 5.41) is 12.0. The number of amides is 1. The Hall–Kier alpha value is -2.87. The van der Waals surface area contributed by atoms with Crippen molar-refractivity contribution in [3.05, 3.63) is 54.4 Å². The number of aromatic nitrogens is 1. The Morgan fingerprint density at radius 3 is 2.76 bits per heavy atom. The average molecular weight is 278 g/mol. The molecule has 2 heterocycles. The molecule has 1 aromatic heterocycles. The predicted molar refractivity (Wildman–Crippen MR) is 79.8 cm³/mol. The number of nitriles is 1. The number of anilines is 2. The highest BCUT2D eigenvalue weighted by Crippen LogP contribution is 2.23. The molecule has 1 unspecified atom stereocenters. The fourth-order valence-corrected chi connectivity index (χ4v) is 2.44. The molecule has 0 bridgehead atoms. The highest BCUT2D eigenvalue weighted by atomic mass is 16.2. The van der Waals surface area contributed by atoms with Crippen LogP contribution in [-0.2, 0) is 4.79 Å². The lowest BCUT2D eigenvalue weighted by Gasteiger charge is -2.17. The first-order chi connectivity index (χ1) is 10.3. The van der Waals surface area contributed by atoms with Crippen molar-refractivity contribution in [1.29, 1.82) is 5.26 Å².